The molecule has 0 aliphatic heterocycles. The van der Waals surface area contributed by atoms with E-state index in [-0.39, 0.29) is 5.82 Å². The predicted molar refractivity (Wildman–Crippen MR) is 76.3 cm³/mol. The van der Waals surface area contributed by atoms with E-state index in [1.165, 1.54) is 12.1 Å². The van der Waals surface area contributed by atoms with Crippen molar-refractivity contribution < 1.29 is 13.9 Å². The van der Waals surface area contributed by atoms with E-state index in [0.29, 0.717) is 25.5 Å². The first-order valence-electron chi connectivity index (χ1n) is 6.59. The van der Waals surface area contributed by atoms with Crippen LogP contribution in [0.2, 0.25) is 0 Å². The predicted octanol–water partition coefficient (Wildman–Crippen LogP) is 3.13. The molecule has 0 aliphatic rings. The number of hydrogen-bond acceptors (Lipinski definition) is 3. The number of halogens is 1. The van der Waals surface area contributed by atoms with Crippen molar-refractivity contribution in [2.24, 2.45) is 5.73 Å². The number of ether oxygens (including phenoxy) is 2. The molecule has 0 aliphatic carbocycles. The number of hydrogen-bond donors (Lipinski definition) is 1. The van der Waals surface area contributed by atoms with Crippen LogP contribution in [0.15, 0.2) is 48.5 Å². The first-order chi connectivity index (χ1) is 9.79. The topological polar surface area (TPSA) is 44.5 Å². The van der Waals surface area contributed by atoms with Crippen molar-refractivity contribution in [2.45, 2.75) is 13.0 Å². The zero-order valence-electron chi connectivity index (χ0n) is 11.2. The van der Waals surface area contributed by atoms with E-state index in [1.807, 2.05) is 24.3 Å². The van der Waals surface area contributed by atoms with Crippen LogP contribution in [0.5, 0.6) is 11.5 Å². The SMILES string of the molecule is NCc1ccccc1OCCCOc1cccc(F)c1. The second-order valence-corrected chi connectivity index (χ2v) is 4.32. The van der Waals surface area contributed by atoms with Gasteiger partial charge in [0.25, 0.3) is 0 Å². The summed E-state index contributed by atoms with van der Waals surface area (Å²) in [5.74, 6) is 1.05. The molecule has 0 radical (unpaired) electrons. The minimum atomic E-state index is -0.296. The molecule has 0 heterocycles. The minimum Gasteiger partial charge on any atom is -0.493 e. The fourth-order valence-electron chi connectivity index (χ4n) is 1.80. The molecule has 0 saturated heterocycles. The van der Waals surface area contributed by atoms with Gasteiger partial charge >= 0.3 is 0 Å². The Labute approximate surface area is 118 Å². The molecule has 0 atom stereocenters. The van der Waals surface area contributed by atoms with E-state index in [0.717, 1.165) is 17.7 Å². The Morgan fingerprint density at radius 1 is 0.950 bits per heavy atom. The molecule has 3 nitrogen and oxygen atoms in total. The summed E-state index contributed by atoms with van der Waals surface area (Å²) in [6, 6.07) is 13.8. The molecule has 2 rings (SSSR count). The maximum Gasteiger partial charge on any atom is 0.126 e. The zero-order chi connectivity index (χ0) is 14.2. The van der Waals surface area contributed by atoms with Gasteiger partial charge < -0.3 is 15.2 Å². The summed E-state index contributed by atoms with van der Waals surface area (Å²) in [5, 5.41) is 0. The Hall–Kier alpha value is -2.07. The summed E-state index contributed by atoms with van der Waals surface area (Å²) in [6.07, 6.45) is 0.718. The number of rotatable bonds is 7. The molecule has 2 aromatic rings. The van der Waals surface area contributed by atoms with Gasteiger partial charge in [-0.05, 0) is 18.2 Å². The van der Waals surface area contributed by atoms with Gasteiger partial charge in [0.05, 0.1) is 13.2 Å². The highest BCUT2D eigenvalue weighted by Crippen LogP contribution is 2.17. The van der Waals surface area contributed by atoms with Gasteiger partial charge in [-0.3, -0.25) is 0 Å². The van der Waals surface area contributed by atoms with Gasteiger partial charge in [0, 0.05) is 24.6 Å². The molecule has 0 bridgehead atoms. The normalized spacial score (nSPS) is 10.3. The largest absolute Gasteiger partial charge is 0.493 e. The maximum atomic E-state index is 12.9. The van der Waals surface area contributed by atoms with Gasteiger partial charge in [-0.25, -0.2) is 4.39 Å². The van der Waals surface area contributed by atoms with Gasteiger partial charge in [0.15, 0.2) is 0 Å². The Kier molecular flexibility index (Phi) is 5.38. The molecule has 20 heavy (non-hydrogen) atoms. The minimum absolute atomic E-state index is 0.296. The lowest BCUT2D eigenvalue weighted by Crippen LogP contribution is -2.07. The lowest BCUT2D eigenvalue weighted by Gasteiger charge is -2.10. The molecule has 0 unspecified atom stereocenters. The van der Waals surface area contributed by atoms with Crippen molar-refractivity contribution in [2.75, 3.05) is 13.2 Å². The quantitative estimate of drug-likeness (QED) is 0.790. The van der Waals surface area contributed by atoms with Crippen molar-refractivity contribution in [3.8, 4) is 11.5 Å². The van der Waals surface area contributed by atoms with Crippen LogP contribution in [-0.2, 0) is 6.54 Å². The number of nitrogens with two attached hydrogens (primary N) is 1. The first-order valence-corrected chi connectivity index (χ1v) is 6.59. The van der Waals surface area contributed by atoms with Gasteiger partial charge in [-0.1, -0.05) is 24.3 Å². The molecule has 0 spiro atoms. The van der Waals surface area contributed by atoms with E-state index < -0.39 is 0 Å². The lowest BCUT2D eigenvalue weighted by atomic mass is 10.2. The van der Waals surface area contributed by atoms with Crippen LogP contribution >= 0.6 is 0 Å². The summed E-state index contributed by atoms with van der Waals surface area (Å²) in [6.45, 7) is 1.47. The van der Waals surface area contributed by atoms with E-state index in [1.54, 1.807) is 12.1 Å². The summed E-state index contributed by atoms with van der Waals surface area (Å²) in [5.41, 5.74) is 6.62. The summed E-state index contributed by atoms with van der Waals surface area (Å²) < 4.78 is 24.0. The van der Waals surface area contributed by atoms with Crippen molar-refractivity contribution in [1.29, 1.82) is 0 Å². The molecule has 0 aromatic heterocycles. The molecular formula is C16H18FNO2. The van der Waals surface area contributed by atoms with Crippen LogP contribution in [0, 0.1) is 5.82 Å². The molecule has 0 amide bonds. The standard InChI is InChI=1S/C16H18FNO2/c17-14-6-3-7-15(11-14)19-9-4-10-20-16-8-2-1-5-13(16)12-18/h1-3,5-8,11H,4,9-10,12,18H2. The Morgan fingerprint density at radius 3 is 2.55 bits per heavy atom. The molecule has 106 valence electrons. The molecule has 2 N–H and O–H groups in total. The average molecular weight is 275 g/mol. The van der Waals surface area contributed by atoms with Gasteiger partial charge in [0.2, 0.25) is 0 Å². The van der Waals surface area contributed by atoms with Crippen molar-refractivity contribution >= 4 is 0 Å². The third-order valence-electron chi connectivity index (χ3n) is 2.80. The van der Waals surface area contributed by atoms with Crippen LogP contribution < -0.4 is 15.2 Å². The van der Waals surface area contributed by atoms with E-state index in [9.17, 15) is 4.39 Å². The molecule has 0 saturated carbocycles. The van der Waals surface area contributed by atoms with Crippen molar-refractivity contribution in [1.82, 2.24) is 0 Å². The van der Waals surface area contributed by atoms with Crippen molar-refractivity contribution in [3.63, 3.8) is 0 Å². The summed E-state index contributed by atoms with van der Waals surface area (Å²) in [7, 11) is 0. The summed E-state index contributed by atoms with van der Waals surface area (Å²) >= 11 is 0. The highest BCUT2D eigenvalue weighted by molar-refractivity contribution is 5.32. The molecule has 4 heteroatoms. The fraction of sp³-hybridized carbons (Fsp3) is 0.250. The van der Waals surface area contributed by atoms with Crippen LogP contribution in [-0.4, -0.2) is 13.2 Å². The van der Waals surface area contributed by atoms with Crippen molar-refractivity contribution in [3.05, 3.63) is 59.9 Å². The lowest BCUT2D eigenvalue weighted by molar-refractivity contribution is 0.245. The smallest absolute Gasteiger partial charge is 0.126 e. The Morgan fingerprint density at radius 2 is 1.75 bits per heavy atom. The van der Waals surface area contributed by atoms with Gasteiger partial charge in [-0.15, -0.1) is 0 Å². The molecular weight excluding hydrogens is 257 g/mol. The van der Waals surface area contributed by atoms with Crippen LogP contribution in [0.25, 0.3) is 0 Å². The van der Waals surface area contributed by atoms with E-state index >= 15 is 0 Å². The summed E-state index contributed by atoms with van der Waals surface area (Å²) in [4.78, 5) is 0. The third-order valence-corrected chi connectivity index (χ3v) is 2.80. The number of para-hydroxylation sites is 1. The van der Waals surface area contributed by atoms with Gasteiger partial charge in [-0.2, -0.15) is 0 Å². The first kappa shape index (κ1) is 14.3. The van der Waals surface area contributed by atoms with Crippen LogP contribution in [0.4, 0.5) is 4.39 Å². The highest BCUT2D eigenvalue weighted by Gasteiger charge is 2.01. The Balaban J connectivity index is 1.71. The van der Waals surface area contributed by atoms with Crippen LogP contribution in [0.1, 0.15) is 12.0 Å². The average Bonchev–Trinajstić information content (AvgIpc) is 2.47. The molecule has 2 aromatic carbocycles. The number of benzene rings is 2. The highest BCUT2D eigenvalue weighted by atomic mass is 19.1. The second-order valence-electron chi connectivity index (χ2n) is 4.32. The maximum absolute atomic E-state index is 12.9. The van der Waals surface area contributed by atoms with Gasteiger partial charge in [0.1, 0.15) is 17.3 Å². The van der Waals surface area contributed by atoms with E-state index in [4.69, 9.17) is 15.2 Å². The molecule has 0 fully saturated rings. The monoisotopic (exact) mass is 275 g/mol. The zero-order valence-corrected chi connectivity index (χ0v) is 11.2. The van der Waals surface area contributed by atoms with E-state index in [2.05, 4.69) is 0 Å². The Bertz CT molecular complexity index is 546. The second kappa shape index (κ2) is 7.50. The third kappa shape index (κ3) is 4.24. The van der Waals surface area contributed by atoms with Crippen LogP contribution in [0.3, 0.4) is 0 Å². The fourth-order valence-corrected chi connectivity index (χ4v) is 1.80.